The van der Waals surface area contributed by atoms with E-state index in [2.05, 4.69) is 6.92 Å². The summed E-state index contributed by atoms with van der Waals surface area (Å²) in [5, 5.41) is 0. The molecule has 10 atom stereocenters. The molecule has 228 valence electrons. The van der Waals surface area contributed by atoms with Gasteiger partial charge in [-0.05, 0) is 39.2 Å². The molecule has 4 bridgehead atoms. The highest BCUT2D eigenvalue weighted by Gasteiger charge is 2.83. The van der Waals surface area contributed by atoms with Crippen LogP contribution in [0.1, 0.15) is 60.3 Å². The molecule has 6 aliphatic rings. The second-order valence-corrected chi connectivity index (χ2v) is 12.7. The zero-order valence-corrected chi connectivity index (χ0v) is 24.8. The summed E-state index contributed by atoms with van der Waals surface area (Å²) >= 11 is 0. The minimum atomic E-state index is -0.719. The third-order valence-electron chi connectivity index (χ3n) is 10.3. The Morgan fingerprint density at radius 3 is 2.60 bits per heavy atom. The topological polar surface area (TPSA) is 119 Å². The molecule has 4 fully saturated rings. The average molecular weight is 585 g/mol. The van der Waals surface area contributed by atoms with E-state index in [1.165, 1.54) is 19.1 Å². The number of allylic oxidation sites excluding steroid dienone is 2. The van der Waals surface area contributed by atoms with Gasteiger partial charge in [0.1, 0.15) is 23.9 Å². The van der Waals surface area contributed by atoms with E-state index in [9.17, 15) is 14.4 Å². The quantitative estimate of drug-likeness (QED) is 0.196. The van der Waals surface area contributed by atoms with E-state index in [1.807, 2.05) is 32.9 Å². The molecule has 3 saturated heterocycles. The Balaban J connectivity index is 1.37. The lowest BCUT2D eigenvalue weighted by molar-refractivity contribution is -0.230. The van der Waals surface area contributed by atoms with Crippen molar-refractivity contribution in [1.29, 1.82) is 0 Å². The van der Waals surface area contributed by atoms with Crippen LogP contribution in [-0.2, 0) is 47.5 Å². The van der Waals surface area contributed by atoms with Crippen molar-refractivity contribution in [3.05, 3.63) is 47.6 Å². The maximum absolute atomic E-state index is 13.2. The Morgan fingerprint density at radius 2 is 1.86 bits per heavy atom. The third kappa shape index (κ3) is 4.76. The molecule has 0 aromatic heterocycles. The van der Waals surface area contributed by atoms with E-state index in [-0.39, 0.29) is 37.0 Å². The molecule has 4 aliphatic heterocycles. The fraction of sp³-hybridized carbons (Fsp3) is 0.656. The molecule has 2 aliphatic carbocycles. The van der Waals surface area contributed by atoms with Gasteiger partial charge in [0, 0.05) is 42.7 Å². The summed E-state index contributed by atoms with van der Waals surface area (Å²) in [7, 11) is 0. The lowest BCUT2D eigenvalue weighted by Gasteiger charge is -2.59. The van der Waals surface area contributed by atoms with E-state index >= 15 is 0 Å². The van der Waals surface area contributed by atoms with E-state index < -0.39 is 46.9 Å². The molecule has 0 N–H and O–H groups in total. The van der Waals surface area contributed by atoms with Gasteiger partial charge in [-0.15, -0.1) is 0 Å². The first-order valence-corrected chi connectivity index (χ1v) is 14.8. The molecule has 2 spiro atoms. The molecule has 0 radical (unpaired) electrons. The number of epoxide rings is 1. The molecule has 4 heterocycles. The second-order valence-electron chi connectivity index (χ2n) is 12.7. The Kier molecular flexibility index (Phi) is 7.48. The summed E-state index contributed by atoms with van der Waals surface area (Å²) in [6, 6.07) is 0. The number of fused-ring (bicyclic) bond motifs is 2. The van der Waals surface area contributed by atoms with Crippen LogP contribution in [0.2, 0.25) is 0 Å². The van der Waals surface area contributed by atoms with E-state index in [0.717, 1.165) is 11.1 Å². The SMILES string of the molecule is CC(=O)O[C@H]1C[C@@]23CCOC(=O)/C=C(/C)C[C@@H]4O[C@@H](C)[C@H](/C=C\C=C/C(=O)O[C@@H]5C[C@@H](O[C@@H]2C=C1C)[C@@]1(CO1)[C@]53C)O4. The van der Waals surface area contributed by atoms with E-state index in [0.29, 0.717) is 32.3 Å². The highest BCUT2D eigenvalue weighted by atomic mass is 16.7. The third-order valence-corrected chi connectivity index (χ3v) is 10.3. The molecular formula is C32H40O10. The number of carbonyl (C=O) groups is 3. The maximum Gasteiger partial charge on any atom is 0.331 e. The van der Waals surface area contributed by atoms with Crippen LogP contribution in [0.15, 0.2) is 47.6 Å². The number of ether oxygens (including phenoxy) is 7. The number of rotatable bonds is 1. The van der Waals surface area contributed by atoms with Crippen molar-refractivity contribution in [2.45, 2.75) is 109 Å². The molecule has 42 heavy (non-hydrogen) atoms. The molecule has 10 heteroatoms. The summed E-state index contributed by atoms with van der Waals surface area (Å²) in [6.07, 6.45) is 9.20. The van der Waals surface area contributed by atoms with Crippen molar-refractivity contribution >= 4 is 17.9 Å². The van der Waals surface area contributed by atoms with Crippen LogP contribution < -0.4 is 0 Å². The Morgan fingerprint density at radius 1 is 1.07 bits per heavy atom. The number of esters is 3. The van der Waals surface area contributed by atoms with Crippen LogP contribution in [0, 0.1) is 10.8 Å². The fourth-order valence-electron chi connectivity index (χ4n) is 7.99. The smallest absolute Gasteiger partial charge is 0.331 e. The molecule has 10 nitrogen and oxygen atoms in total. The predicted octanol–water partition coefficient (Wildman–Crippen LogP) is 3.64. The molecule has 1 saturated carbocycles. The standard InChI is InChI=1S/C32H40O10/c1-18-12-28(35)36-11-10-31-16-23(39-21(4)33)19(2)14-25(31)41-26-15-24(30(31,5)32(26)17-37-32)42-27(34)9-7-6-8-22-20(3)38-29(13-18)40-22/h6-9,12,14,20,22-26,29H,10-11,13,15-17H2,1-5H3/b8-6-,9-7-,18-12-/t20-,22-,23-,24+,25+,26+,29+,30+,31-,32-/m0/s1. The van der Waals surface area contributed by atoms with E-state index in [4.69, 9.17) is 33.2 Å². The molecule has 0 unspecified atom stereocenters. The van der Waals surface area contributed by atoms with Crippen molar-refractivity contribution in [2.75, 3.05) is 13.2 Å². The predicted molar refractivity (Wildman–Crippen MR) is 148 cm³/mol. The first-order chi connectivity index (χ1) is 20.0. The Bertz CT molecular complexity index is 1260. The van der Waals surface area contributed by atoms with Gasteiger partial charge in [-0.2, -0.15) is 0 Å². The number of carbonyl (C=O) groups excluding carboxylic acids is 3. The van der Waals surface area contributed by atoms with Crippen molar-refractivity contribution in [2.24, 2.45) is 10.8 Å². The number of hydrogen-bond donors (Lipinski definition) is 0. The van der Waals surface area contributed by atoms with Gasteiger partial charge in [-0.1, -0.05) is 36.8 Å². The van der Waals surface area contributed by atoms with E-state index in [1.54, 1.807) is 12.2 Å². The summed E-state index contributed by atoms with van der Waals surface area (Å²) in [5.74, 6) is -1.32. The van der Waals surface area contributed by atoms with Gasteiger partial charge < -0.3 is 33.2 Å². The highest BCUT2D eigenvalue weighted by Crippen LogP contribution is 2.73. The molecule has 0 aromatic carbocycles. The van der Waals surface area contributed by atoms with Crippen molar-refractivity contribution < 1.29 is 47.5 Å². The van der Waals surface area contributed by atoms with Gasteiger partial charge in [0.25, 0.3) is 0 Å². The average Bonchev–Trinajstić information content (AvgIpc) is 3.61. The van der Waals surface area contributed by atoms with Crippen LogP contribution in [-0.4, -0.2) is 79.6 Å². The molecular weight excluding hydrogens is 544 g/mol. The molecule has 6 rings (SSSR count). The van der Waals surface area contributed by atoms with Gasteiger partial charge >= 0.3 is 17.9 Å². The van der Waals surface area contributed by atoms with Crippen LogP contribution in [0.5, 0.6) is 0 Å². The van der Waals surface area contributed by atoms with Gasteiger partial charge in [-0.25, -0.2) is 9.59 Å². The minimum Gasteiger partial charge on any atom is -0.463 e. The lowest BCUT2D eigenvalue weighted by atomic mass is 9.49. The largest absolute Gasteiger partial charge is 0.463 e. The molecule has 0 amide bonds. The summed E-state index contributed by atoms with van der Waals surface area (Å²) < 4.78 is 42.5. The summed E-state index contributed by atoms with van der Waals surface area (Å²) in [5.41, 5.74) is -0.395. The van der Waals surface area contributed by atoms with Crippen molar-refractivity contribution in [3.63, 3.8) is 0 Å². The van der Waals surface area contributed by atoms with Crippen molar-refractivity contribution in [1.82, 2.24) is 0 Å². The van der Waals surface area contributed by atoms with Gasteiger partial charge in [-0.3, -0.25) is 4.79 Å². The zero-order chi connectivity index (χ0) is 29.9. The first kappa shape index (κ1) is 29.3. The maximum atomic E-state index is 13.2. The second kappa shape index (κ2) is 10.7. The first-order valence-electron chi connectivity index (χ1n) is 14.8. The summed E-state index contributed by atoms with van der Waals surface area (Å²) in [4.78, 5) is 38.1. The van der Waals surface area contributed by atoms with Gasteiger partial charge in [0.15, 0.2) is 6.29 Å². The normalized spacial score (nSPS) is 47.8. The van der Waals surface area contributed by atoms with Crippen LogP contribution in [0.25, 0.3) is 0 Å². The number of cyclic esters (lactones) is 1. The van der Waals surface area contributed by atoms with Crippen molar-refractivity contribution in [3.8, 4) is 0 Å². The zero-order valence-electron chi connectivity index (χ0n) is 24.8. The van der Waals surface area contributed by atoms with Gasteiger partial charge in [0.2, 0.25) is 0 Å². The monoisotopic (exact) mass is 584 g/mol. The van der Waals surface area contributed by atoms with Crippen LogP contribution in [0.4, 0.5) is 0 Å². The Labute approximate surface area is 246 Å². The number of hydrogen-bond acceptors (Lipinski definition) is 10. The Hall–Kier alpha value is -2.79. The molecule has 0 aromatic rings. The van der Waals surface area contributed by atoms with Crippen LogP contribution >= 0.6 is 0 Å². The fourth-order valence-corrected chi connectivity index (χ4v) is 7.99. The minimum absolute atomic E-state index is 0.0957. The van der Waals surface area contributed by atoms with Crippen LogP contribution in [0.3, 0.4) is 0 Å². The highest BCUT2D eigenvalue weighted by molar-refractivity contribution is 5.83. The van der Waals surface area contributed by atoms with Gasteiger partial charge in [0.05, 0.1) is 31.5 Å². The lowest BCUT2D eigenvalue weighted by Crippen LogP contribution is -2.66. The summed E-state index contributed by atoms with van der Waals surface area (Å²) in [6.45, 7) is 9.75.